The van der Waals surface area contributed by atoms with Gasteiger partial charge in [0.2, 0.25) is 0 Å². The van der Waals surface area contributed by atoms with E-state index in [1.54, 1.807) is 34.6 Å². The Kier molecular flexibility index (Phi) is 6.46. The summed E-state index contributed by atoms with van der Waals surface area (Å²) in [4.78, 5) is 37.8. The number of ketones is 2. The molecule has 0 radical (unpaired) electrons. The van der Waals surface area contributed by atoms with Crippen molar-refractivity contribution in [2.45, 2.75) is 105 Å². The number of Topliss-reactive ketones (excluding diaryl/α,β-unsaturated/α-hetero) is 1. The Labute approximate surface area is 212 Å². The summed E-state index contributed by atoms with van der Waals surface area (Å²) in [6.45, 7) is 12.4. The molecule has 200 valence electrons. The lowest BCUT2D eigenvalue weighted by Crippen LogP contribution is -2.68. The van der Waals surface area contributed by atoms with Crippen LogP contribution >= 0.6 is 0 Å². The maximum absolute atomic E-state index is 17.6. The van der Waals surface area contributed by atoms with Crippen LogP contribution < -0.4 is 0 Å². The maximum atomic E-state index is 17.6. The molecule has 7 heteroatoms. The highest BCUT2D eigenvalue weighted by molar-refractivity contribution is 6.09. The predicted octanol–water partition coefficient (Wildman–Crippen LogP) is 5.25. The van der Waals surface area contributed by atoms with Crippen LogP contribution in [0.1, 0.15) is 80.6 Å². The molecule has 0 amide bonds. The van der Waals surface area contributed by atoms with Crippen LogP contribution in [-0.2, 0) is 19.1 Å². The SMILES string of the molecule is CCC(=O)O[C@H]1[C@H](C)C[C@H]2[C@@H]3C[C@H](F)C4=CC(=O)C(CC(=O)C(C)(C)C)=C[C@]4(C)[C@@]3(F)[C@@H](O)C[C@@]21C. The van der Waals surface area contributed by atoms with Crippen molar-refractivity contribution in [1.29, 1.82) is 0 Å². The highest BCUT2D eigenvalue weighted by Crippen LogP contribution is 2.69. The second-order valence-corrected chi connectivity index (χ2v) is 13.1. The summed E-state index contributed by atoms with van der Waals surface area (Å²) in [5.74, 6) is -2.18. The molecule has 4 aliphatic carbocycles. The maximum Gasteiger partial charge on any atom is 0.305 e. The number of hydrogen-bond acceptors (Lipinski definition) is 5. The van der Waals surface area contributed by atoms with Crippen LogP contribution in [0.3, 0.4) is 0 Å². The van der Waals surface area contributed by atoms with Crippen molar-refractivity contribution < 1.29 is 33.0 Å². The van der Waals surface area contributed by atoms with Gasteiger partial charge in [0.25, 0.3) is 0 Å². The summed E-state index contributed by atoms with van der Waals surface area (Å²) in [6, 6.07) is 0. The second-order valence-electron chi connectivity index (χ2n) is 13.1. The Morgan fingerprint density at radius 2 is 1.83 bits per heavy atom. The average Bonchev–Trinajstić information content (AvgIpc) is 3.01. The lowest BCUT2D eigenvalue weighted by molar-refractivity contribution is -0.212. The topological polar surface area (TPSA) is 80.7 Å². The van der Waals surface area contributed by atoms with Crippen LogP contribution in [0.4, 0.5) is 8.78 Å². The number of allylic oxidation sites excluding steroid dienone is 4. The number of hydrogen-bond donors (Lipinski definition) is 1. The van der Waals surface area contributed by atoms with E-state index in [-0.39, 0.29) is 60.4 Å². The molecular weight excluding hydrogens is 466 g/mol. The van der Waals surface area contributed by atoms with Crippen molar-refractivity contribution in [2.75, 3.05) is 0 Å². The number of ether oxygens (including phenoxy) is 1. The van der Waals surface area contributed by atoms with Crippen LogP contribution in [-0.4, -0.2) is 46.7 Å². The molecular formula is C29H40F2O5. The Bertz CT molecular complexity index is 1040. The largest absolute Gasteiger partial charge is 0.461 e. The summed E-state index contributed by atoms with van der Waals surface area (Å²) < 4.78 is 39.1. The number of rotatable bonds is 4. The van der Waals surface area contributed by atoms with Crippen molar-refractivity contribution in [3.05, 3.63) is 23.3 Å². The van der Waals surface area contributed by atoms with Crippen LogP contribution in [0.25, 0.3) is 0 Å². The molecule has 36 heavy (non-hydrogen) atoms. The van der Waals surface area contributed by atoms with Crippen molar-refractivity contribution >= 4 is 17.5 Å². The molecule has 4 rings (SSSR count). The van der Waals surface area contributed by atoms with E-state index in [2.05, 4.69) is 0 Å². The Balaban J connectivity index is 1.78. The summed E-state index contributed by atoms with van der Waals surface area (Å²) in [5, 5.41) is 11.5. The zero-order valence-corrected chi connectivity index (χ0v) is 22.5. The smallest absolute Gasteiger partial charge is 0.305 e. The fourth-order valence-corrected chi connectivity index (χ4v) is 7.75. The predicted molar refractivity (Wildman–Crippen MR) is 131 cm³/mol. The summed E-state index contributed by atoms with van der Waals surface area (Å²) in [5.41, 5.74) is -4.98. The number of fused-ring (bicyclic) bond motifs is 5. The number of carbonyl (C=O) groups excluding carboxylic acids is 3. The summed E-state index contributed by atoms with van der Waals surface area (Å²) in [6.07, 6.45) is -0.362. The number of aliphatic hydroxyl groups excluding tert-OH is 1. The van der Waals surface area contributed by atoms with Crippen molar-refractivity contribution in [1.82, 2.24) is 0 Å². The molecule has 3 saturated carbocycles. The fraction of sp³-hybridized carbons (Fsp3) is 0.759. The van der Waals surface area contributed by atoms with Crippen molar-refractivity contribution in [3.63, 3.8) is 0 Å². The number of esters is 1. The van der Waals surface area contributed by atoms with Gasteiger partial charge in [-0.15, -0.1) is 0 Å². The molecule has 1 N–H and O–H groups in total. The van der Waals surface area contributed by atoms with E-state index in [9.17, 15) is 19.5 Å². The molecule has 0 aromatic rings. The highest BCUT2D eigenvalue weighted by Gasteiger charge is 2.73. The minimum atomic E-state index is -2.23. The summed E-state index contributed by atoms with van der Waals surface area (Å²) in [7, 11) is 0. The zero-order chi connectivity index (χ0) is 27.0. The first kappa shape index (κ1) is 27.2. The quantitative estimate of drug-likeness (QED) is 0.527. The zero-order valence-electron chi connectivity index (χ0n) is 22.5. The van der Waals surface area contributed by atoms with Gasteiger partial charge in [-0.2, -0.15) is 0 Å². The molecule has 0 aromatic heterocycles. The molecule has 5 nitrogen and oxygen atoms in total. The Morgan fingerprint density at radius 1 is 1.19 bits per heavy atom. The molecule has 0 heterocycles. The molecule has 0 spiro atoms. The van der Waals surface area contributed by atoms with Gasteiger partial charge in [0.1, 0.15) is 18.1 Å². The first-order valence-electron chi connectivity index (χ1n) is 13.2. The number of aliphatic hydroxyl groups is 1. The lowest BCUT2D eigenvalue weighted by atomic mass is 9.45. The van der Waals surface area contributed by atoms with Gasteiger partial charge in [0.15, 0.2) is 11.5 Å². The minimum absolute atomic E-state index is 0.0425. The van der Waals surface area contributed by atoms with Gasteiger partial charge < -0.3 is 9.84 Å². The van der Waals surface area contributed by atoms with Gasteiger partial charge in [0.05, 0.1) is 6.10 Å². The van der Waals surface area contributed by atoms with Gasteiger partial charge in [-0.05, 0) is 49.7 Å². The van der Waals surface area contributed by atoms with E-state index in [0.717, 1.165) is 6.08 Å². The first-order chi connectivity index (χ1) is 16.5. The minimum Gasteiger partial charge on any atom is -0.461 e. The molecule has 0 saturated heterocycles. The van der Waals surface area contributed by atoms with Crippen LogP contribution in [0, 0.1) is 34.0 Å². The fourth-order valence-electron chi connectivity index (χ4n) is 7.75. The monoisotopic (exact) mass is 506 g/mol. The number of halogens is 2. The van der Waals surface area contributed by atoms with E-state index < -0.39 is 52.0 Å². The van der Waals surface area contributed by atoms with Gasteiger partial charge in [-0.1, -0.05) is 47.6 Å². The van der Waals surface area contributed by atoms with Crippen LogP contribution in [0.15, 0.2) is 23.3 Å². The first-order valence-corrected chi connectivity index (χ1v) is 13.2. The van der Waals surface area contributed by atoms with Gasteiger partial charge >= 0.3 is 5.97 Å². The van der Waals surface area contributed by atoms with E-state index in [1.807, 2.05) is 13.8 Å². The second kappa shape index (κ2) is 8.57. The van der Waals surface area contributed by atoms with E-state index in [0.29, 0.717) is 6.42 Å². The van der Waals surface area contributed by atoms with Gasteiger partial charge in [0, 0.05) is 40.6 Å². The molecule has 0 aliphatic heterocycles. The van der Waals surface area contributed by atoms with Crippen molar-refractivity contribution in [2.24, 2.45) is 34.0 Å². The molecule has 4 aliphatic rings. The number of carbonyl (C=O) groups is 3. The normalized spacial score (nSPS) is 44.1. The third-order valence-electron chi connectivity index (χ3n) is 9.78. The Hall–Kier alpha value is -1.89. The standard InChI is InChI=1S/C29H40F2O5/c1-8-24(35)36-25-15(2)9-17-18-11-20(30)19-12-21(32)16(10-22(33)26(3,4)5)13-28(19,7)29(18,31)23(34)14-27(17,25)6/h12-13,15,17-18,20,23,25,34H,8-11,14H2,1-7H3/t15-,17+,18+,20+,23+,25+,27+,28+,29+/m1/s1. The molecule has 9 atom stereocenters. The van der Waals surface area contributed by atoms with E-state index >= 15 is 8.78 Å². The highest BCUT2D eigenvalue weighted by atomic mass is 19.1. The summed E-state index contributed by atoms with van der Waals surface area (Å²) >= 11 is 0. The molecule has 0 aromatic carbocycles. The van der Waals surface area contributed by atoms with Crippen LogP contribution in [0.2, 0.25) is 0 Å². The van der Waals surface area contributed by atoms with Gasteiger partial charge in [-0.3, -0.25) is 14.4 Å². The molecule has 0 bridgehead atoms. The van der Waals surface area contributed by atoms with Crippen LogP contribution in [0.5, 0.6) is 0 Å². The average molecular weight is 507 g/mol. The number of alkyl halides is 2. The lowest BCUT2D eigenvalue weighted by Gasteiger charge is -2.62. The third-order valence-corrected chi connectivity index (χ3v) is 9.78. The van der Waals surface area contributed by atoms with Crippen molar-refractivity contribution in [3.8, 4) is 0 Å². The van der Waals surface area contributed by atoms with Gasteiger partial charge in [-0.25, -0.2) is 8.78 Å². The third kappa shape index (κ3) is 3.74. The van der Waals surface area contributed by atoms with E-state index in [4.69, 9.17) is 4.74 Å². The van der Waals surface area contributed by atoms with E-state index in [1.165, 1.54) is 6.08 Å². The molecule has 0 unspecified atom stereocenters. The molecule has 3 fully saturated rings. The Morgan fingerprint density at radius 3 is 2.42 bits per heavy atom.